The van der Waals surface area contributed by atoms with Crippen molar-refractivity contribution in [2.45, 2.75) is 0 Å². The molecule has 0 atom stereocenters. The molecule has 1 aliphatic rings. The summed E-state index contributed by atoms with van der Waals surface area (Å²) in [5, 5.41) is 3.19. The summed E-state index contributed by atoms with van der Waals surface area (Å²) in [5.74, 6) is 1.96. The van der Waals surface area contributed by atoms with Gasteiger partial charge in [-0.1, -0.05) is 0 Å². The third-order valence-corrected chi connectivity index (χ3v) is 2.10. The van der Waals surface area contributed by atoms with Gasteiger partial charge < -0.3 is 15.8 Å². The molecule has 0 aromatic carbocycles. The van der Waals surface area contributed by atoms with E-state index in [1.165, 1.54) is 0 Å². The number of ether oxygens (including phenoxy) is 1. The van der Waals surface area contributed by atoms with Gasteiger partial charge in [0.2, 0.25) is 0 Å². The lowest BCUT2D eigenvalue weighted by atomic mass is 10.1. The van der Waals surface area contributed by atoms with Gasteiger partial charge in [0.25, 0.3) is 0 Å². The van der Waals surface area contributed by atoms with E-state index in [0.29, 0.717) is 11.7 Å². The molecule has 1 aromatic heterocycles. The molecule has 0 saturated carbocycles. The molecule has 4 heteroatoms. The summed E-state index contributed by atoms with van der Waals surface area (Å²) in [6.07, 6.45) is 1.66. The molecule has 13 heavy (non-hydrogen) atoms. The van der Waals surface area contributed by atoms with Crippen LogP contribution in [0, 0.1) is 5.92 Å². The van der Waals surface area contributed by atoms with Crippen LogP contribution in [0.3, 0.4) is 0 Å². The predicted molar refractivity (Wildman–Crippen MR) is 50.5 cm³/mol. The monoisotopic (exact) mass is 179 g/mol. The van der Waals surface area contributed by atoms with Crippen LogP contribution in [0.15, 0.2) is 18.3 Å². The Hall–Kier alpha value is -1.29. The molecule has 1 aliphatic heterocycles. The van der Waals surface area contributed by atoms with Crippen molar-refractivity contribution in [1.29, 1.82) is 0 Å². The number of nitrogen functional groups attached to an aromatic ring is 1. The van der Waals surface area contributed by atoms with Crippen LogP contribution in [0.25, 0.3) is 0 Å². The average Bonchev–Trinajstić information content (AvgIpc) is 2.01. The Bertz CT molecular complexity index is 286. The minimum absolute atomic E-state index is 0.504. The molecule has 0 amide bonds. The van der Waals surface area contributed by atoms with Crippen molar-refractivity contribution in [3.8, 4) is 5.75 Å². The minimum atomic E-state index is 0.504. The van der Waals surface area contributed by atoms with Crippen molar-refractivity contribution < 1.29 is 4.74 Å². The summed E-state index contributed by atoms with van der Waals surface area (Å²) < 4.78 is 5.53. The highest BCUT2D eigenvalue weighted by Gasteiger charge is 2.16. The van der Waals surface area contributed by atoms with Crippen molar-refractivity contribution in [3.05, 3.63) is 18.3 Å². The van der Waals surface area contributed by atoms with Crippen molar-refractivity contribution in [2.75, 3.05) is 25.4 Å². The number of nitrogens with two attached hydrogens (primary N) is 1. The highest BCUT2D eigenvalue weighted by atomic mass is 16.5. The number of aromatic nitrogens is 1. The fourth-order valence-electron chi connectivity index (χ4n) is 1.20. The number of anilines is 1. The van der Waals surface area contributed by atoms with E-state index >= 15 is 0 Å². The minimum Gasteiger partial charge on any atom is -0.493 e. The molecular formula is C9H13N3O. The lowest BCUT2D eigenvalue weighted by Crippen LogP contribution is -2.45. The van der Waals surface area contributed by atoms with E-state index in [2.05, 4.69) is 10.3 Å². The van der Waals surface area contributed by atoms with Crippen LogP contribution in [0.4, 0.5) is 5.82 Å². The molecule has 1 fully saturated rings. The highest BCUT2D eigenvalue weighted by Crippen LogP contribution is 2.13. The van der Waals surface area contributed by atoms with Gasteiger partial charge in [-0.2, -0.15) is 0 Å². The maximum atomic E-state index is 5.53. The zero-order valence-corrected chi connectivity index (χ0v) is 7.36. The second-order valence-electron chi connectivity index (χ2n) is 3.25. The van der Waals surface area contributed by atoms with Crippen LogP contribution < -0.4 is 15.8 Å². The van der Waals surface area contributed by atoms with Crippen LogP contribution in [-0.2, 0) is 0 Å². The van der Waals surface area contributed by atoms with Gasteiger partial charge in [0.15, 0.2) is 0 Å². The zero-order chi connectivity index (χ0) is 9.10. The summed E-state index contributed by atoms with van der Waals surface area (Å²) in [4.78, 5) is 3.89. The number of nitrogens with zero attached hydrogens (tertiary/aromatic N) is 1. The van der Waals surface area contributed by atoms with Gasteiger partial charge in [-0.3, -0.25) is 0 Å². The second-order valence-corrected chi connectivity index (χ2v) is 3.25. The van der Waals surface area contributed by atoms with Crippen molar-refractivity contribution in [1.82, 2.24) is 10.3 Å². The third kappa shape index (κ3) is 2.09. The first-order chi connectivity index (χ1) is 6.34. The summed E-state index contributed by atoms with van der Waals surface area (Å²) in [6, 6.07) is 3.56. The maximum Gasteiger partial charge on any atom is 0.126 e. The van der Waals surface area contributed by atoms with Gasteiger partial charge in [-0.15, -0.1) is 0 Å². The van der Waals surface area contributed by atoms with E-state index < -0.39 is 0 Å². The van der Waals surface area contributed by atoms with Gasteiger partial charge >= 0.3 is 0 Å². The van der Waals surface area contributed by atoms with E-state index in [1.807, 2.05) is 6.07 Å². The molecular weight excluding hydrogens is 166 g/mol. The predicted octanol–water partition coefficient (Wildman–Crippen LogP) is 0.262. The fourth-order valence-corrected chi connectivity index (χ4v) is 1.20. The number of nitrogens with one attached hydrogen (secondary N) is 1. The molecule has 3 N–H and O–H groups in total. The molecule has 0 bridgehead atoms. The van der Waals surface area contributed by atoms with Crippen molar-refractivity contribution in [2.24, 2.45) is 5.92 Å². The molecule has 2 rings (SSSR count). The Morgan fingerprint density at radius 1 is 1.62 bits per heavy atom. The number of hydrogen-bond acceptors (Lipinski definition) is 4. The van der Waals surface area contributed by atoms with E-state index in [4.69, 9.17) is 10.5 Å². The van der Waals surface area contributed by atoms with Crippen molar-refractivity contribution in [3.63, 3.8) is 0 Å². The van der Waals surface area contributed by atoms with Gasteiger partial charge in [-0.25, -0.2) is 4.98 Å². The number of rotatable bonds is 3. The van der Waals surface area contributed by atoms with Gasteiger partial charge in [0.1, 0.15) is 11.6 Å². The average molecular weight is 179 g/mol. The maximum absolute atomic E-state index is 5.53. The van der Waals surface area contributed by atoms with Crippen LogP contribution in [0.5, 0.6) is 5.75 Å². The first-order valence-corrected chi connectivity index (χ1v) is 4.39. The Kier molecular flexibility index (Phi) is 2.31. The number of hydrogen-bond donors (Lipinski definition) is 2. The molecule has 0 radical (unpaired) electrons. The lowest BCUT2D eigenvalue weighted by Gasteiger charge is -2.26. The van der Waals surface area contributed by atoms with E-state index in [1.54, 1.807) is 12.3 Å². The Balaban J connectivity index is 1.86. The van der Waals surface area contributed by atoms with Crippen LogP contribution >= 0.6 is 0 Å². The summed E-state index contributed by atoms with van der Waals surface area (Å²) >= 11 is 0. The largest absolute Gasteiger partial charge is 0.493 e. The molecule has 0 aliphatic carbocycles. The summed E-state index contributed by atoms with van der Waals surface area (Å²) in [6.45, 7) is 2.87. The first kappa shape index (κ1) is 8.31. The highest BCUT2D eigenvalue weighted by molar-refractivity contribution is 5.35. The Labute approximate surface area is 77.1 Å². The second kappa shape index (κ2) is 3.62. The van der Waals surface area contributed by atoms with Gasteiger partial charge in [-0.05, 0) is 6.07 Å². The Morgan fingerprint density at radius 2 is 2.46 bits per heavy atom. The molecule has 2 heterocycles. The lowest BCUT2D eigenvalue weighted by molar-refractivity contribution is 0.199. The standard InChI is InChI=1S/C9H13N3O/c10-9-3-8(1-2-12-9)13-6-7-4-11-5-7/h1-3,7,11H,4-6H2,(H2,10,12). The third-order valence-electron chi connectivity index (χ3n) is 2.10. The SMILES string of the molecule is Nc1cc(OCC2CNC2)ccn1. The fraction of sp³-hybridized carbons (Fsp3) is 0.444. The molecule has 70 valence electrons. The van der Waals surface area contributed by atoms with Crippen LogP contribution in [0.1, 0.15) is 0 Å². The number of pyridine rings is 1. The topological polar surface area (TPSA) is 60.2 Å². The molecule has 1 aromatic rings. The van der Waals surface area contributed by atoms with E-state index in [-0.39, 0.29) is 0 Å². The summed E-state index contributed by atoms with van der Waals surface area (Å²) in [7, 11) is 0. The summed E-state index contributed by atoms with van der Waals surface area (Å²) in [5.41, 5.74) is 5.51. The normalized spacial score (nSPS) is 16.6. The van der Waals surface area contributed by atoms with Crippen molar-refractivity contribution >= 4 is 5.82 Å². The smallest absolute Gasteiger partial charge is 0.126 e. The first-order valence-electron chi connectivity index (χ1n) is 4.39. The Morgan fingerprint density at radius 3 is 3.08 bits per heavy atom. The van der Waals surface area contributed by atoms with Gasteiger partial charge in [0.05, 0.1) is 6.61 Å². The van der Waals surface area contributed by atoms with Gasteiger partial charge in [0, 0.05) is 31.3 Å². The molecule has 0 spiro atoms. The molecule has 4 nitrogen and oxygen atoms in total. The van der Waals surface area contributed by atoms with E-state index in [0.717, 1.165) is 25.4 Å². The van der Waals surface area contributed by atoms with Crippen LogP contribution in [0.2, 0.25) is 0 Å². The van der Waals surface area contributed by atoms with Crippen LogP contribution in [-0.4, -0.2) is 24.7 Å². The quantitative estimate of drug-likeness (QED) is 0.699. The molecule has 0 unspecified atom stereocenters. The zero-order valence-electron chi connectivity index (χ0n) is 7.36. The molecule has 1 saturated heterocycles. The van der Waals surface area contributed by atoms with E-state index in [9.17, 15) is 0 Å².